The molecule has 0 bridgehead atoms. The van der Waals surface area contributed by atoms with Crippen LogP contribution in [0, 0.1) is 0 Å². The summed E-state index contributed by atoms with van der Waals surface area (Å²) in [7, 11) is 0. The lowest BCUT2D eigenvalue weighted by Crippen LogP contribution is -2.08. The Morgan fingerprint density at radius 2 is 1.28 bits per heavy atom. The minimum absolute atomic E-state index is 0.118. The molecule has 172 valence electrons. The molecule has 1 N–H and O–H groups in total. The van der Waals surface area contributed by atoms with Crippen molar-refractivity contribution in [1.29, 1.82) is 0 Å². The van der Waals surface area contributed by atoms with Crippen molar-refractivity contribution in [3.05, 3.63) is 66.7 Å². The van der Waals surface area contributed by atoms with Crippen LogP contribution in [-0.2, 0) is 9.53 Å². The first-order chi connectivity index (χ1) is 15.6. The zero-order valence-electron chi connectivity index (χ0n) is 18.5. The number of benzene rings is 2. The molecule has 0 amide bonds. The molecule has 2 aromatic carbocycles. The van der Waals surface area contributed by atoms with Crippen molar-refractivity contribution in [2.24, 2.45) is 0 Å². The smallest absolute Gasteiger partial charge is 0.343 e. The number of unbranched alkanes of at least 4 members (excludes halogenated alkanes) is 7. The van der Waals surface area contributed by atoms with Gasteiger partial charge in [0.25, 0.3) is 0 Å². The first-order valence-electron chi connectivity index (χ1n) is 11.1. The summed E-state index contributed by atoms with van der Waals surface area (Å²) >= 11 is 0. The number of carbonyl (C=O) groups is 2. The molecule has 6 heteroatoms. The largest absolute Gasteiger partial charge is 0.508 e. The van der Waals surface area contributed by atoms with Crippen molar-refractivity contribution >= 4 is 11.9 Å². The predicted molar refractivity (Wildman–Crippen MR) is 123 cm³/mol. The number of phenolic OH excluding ortho intramolecular Hbond substituents is 1. The summed E-state index contributed by atoms with van der Waals surface area (Å²) in [6, 6.07) is 12.9. The molecule has 0 spiro atoms. The molecule has 0 aliphatic heterocycles. The molecule has 0 aliphatic carbocycles. The summed E-state index contributed by atoms with van der Waals surface area (Å²) in [6.07, 6.45) is 10.0. The van der Waals surface area contributed by atoms with Crippen LogP contribution >= 0.6 is 0 Å². The van der Waals surface area contributed by atoms with Gasteiger partial charge in [-0.2, -0.15) is 0 Å². The Kier molecular flexibility index (Phi) is 11.5. The maximum atomic E-state index is 12.2. The van der Waals surface area contributed by atoms with E-state index in [1.807, 2.05) is 0 Å². The monoisotopic (exact) mass is 440 g/mol. The van der Waals surface area contributed by atoms with Gasteiger partial charge in [-0.15, -0.1) is 0 Å². The normalized spacial score (nSPS) is 10.4. The Morgan fingerprint density at radius 3 is 1.88 bits per heavy atom. The van der Waals surface area contributed by atoms with Crippen molar-refractivity contribution in [3.8, 4) is 17.2 Å². The Labute approximate surface area is 189 Å². The summed E-state index contributed by atoms with van der Waals surface area (Å²) in [5.41, 5.74) is 0.435. The van der Waals surface area contributed by atoms with Gasteiger partial charge in [-0.1, -0.05) is 45.1 Å². The molecule has 0 aliphatic rings. The van der Waals surface area contributed by atoms with Gasteiger partial charge in [0.05, 0.1) is 18.8 Å². The minimum atomic E-state index is -0.458. The van der Waals surface area contributed by atoms with Gasteiger partial charge in [-0.3, -0.25) is 0 Å². The highest BCUT2D eigenvalue weighted by atomic mass is 16.5. The number of hydrogen-bond donors (Lipinski definition) is 1. The van der Waals surface area contributed by atoms with E-state index in [9.17, 15) is 14.7 Å². The van der Waals surface area contributed by atoms with Crippen LogP contribution in [0.3, 0.4) is 0 Å². The third kappa shape index (κ3) is 10.2. The standard InChI is InChI=1S/C26H32O6/c1-2-25(28)31-20-10-8-6-4-3-5-7-9-19-30-23-15-11-21(12-16-23)26(29)32-24-17-13-22(27)14-18-24/h2,11-18,27H,1,3-10,19-20H2. The van der Waals surface area contributed by atoms with Crippen molar-refractivity contribution in [2.45, 2.75) is 51.4 Å². The molecular weight excluding hydrogens is 408 g/mol. The summed E-state index contributed by atoms with van der Waals surface area (Å²) in [5, 5.41) is 9.27. The third-order valence-corrected chi connectivity index (χ3v) is 4.86. The molecule has 0 radical (unpaired) electrons. The number of rotatable bonds is 15. The lowest BCUT2D eigenvalue weighted by atomic mass is 10.1. The maximum absolute atomic E-state index is 12.2. The van der Waals surface area contributed by atoms with Gasteiger partial charge in [0.2, 0.25) is 0 Å². The van der Waals surface area contributed by atoms with E-state index in [2.05, 4.69) is 6.58 Å². The zero-order chi connectivity index (χ0) is 23.0. The van der Waals surface area contributed by atoms with Crippen LogP contribution in [0.1, 0.15) is 61.7 Å². The van der Waals surface area contributed by atoms with Crippen LogP contribution < -0.4 is 9.47 Å². The van der Waals surface area contributed by atoms with Gasteiger partial charge in [-0.25, -0.2) is 9.59 Å². The van der Waals surface area contributed by atoms with E-state index >= 15 is 0 Å². The second kappa shape index (κ2) is 14.7. The van der Waals surface area contributed by atoms with Crippen LogP contribution in [0.15, 0.2) is 61.2 Å². The van der Waals surface area contributed by atoms with Crippen molar-refractivity contribution in [3.63, 3.8) is 0 Å². The maximum Gasteiger partial charge on any atom is 0.343 e. The molecule has 0 unspecified atom stereocenters. The lowest BCUT2D eigenvalue weighted by molar-refractivity contribution is -0.137. The minimum Gasteiger partial charge on any atom is -0.508 e. The highest BCUT2D eigenvalue weighted by molar-refractivity contribution is 5.91. The molecule has 0 saturated carbocycles. The molecule has 0 aromatic heterocycles. The molecule has 0 saturated heterocycles. The number of phenols is 1. The third-order valence-electron chi connectivity index (χ3n) is 4.86. The number of carbonyl (C=O) groups excluding carboxylic acids is 2. The van der Waals surface area contributed by atoms with Gasteiger partial charge in [0, 0.05) is 6.08 Å². The molecule has 2 rings (SSSR count). The summed E-state index contributed by atoms with van der Waals surface area (Å²) < 4.78 is 16.0. The van der Waals surface area contributed by atoms with E-state index in [-0.39, 0.29) is 11.7 Å². The highest BCUT2D eigenvalue weighted by Crippen LogP contribution is 2.19. The van der Waals surface area contributed by atoms with Crippen LogP contribution in [0.25, 0.3) is 0 Å². The number of hydrogen-bond acceptors (Lipinski definition) is 6. The Balaban J connectivity index is 1.50. The van der Waals surface area contributed by atoms with Crippen molar-refractivity contribution in [1.82, 2.24) is 0 Å². The van der Waals surface area contributed by atoms with Crippen molar-refractivity contribution in [2.75, 3.05) is 13.2 Å². The molecule has 32 heavy (non-hydrogen) atoms. The quantitative estimate of drug-likeness (QED) is 0.162. The Morgan fingerprint density at radius 1 is 0.750 bits per heavy atom. The van der Waals surface area contributed by atoms with Gasteiger partial charge < -0.3 is 19.3 Å². The lowest BCUT2D eigenvalue weighted by Gasteiger charge is -2.08. The zero-order valence-corrected chi connectivity index (χ0v) is 18.5. The molecular formula is C26H32O6. The van der Waals surface area contributed by atoms with Crippen molar-refractivity contribution < 1.29 is 28.9 Å². The fourth-order valence-electron chi connectivity index (χ4n) is 3.05. The second-order valence-electron chi connectivity index (χ2n) is 7.46. The van der Waals surface area contributed by atoms with E-state index in [1.165, 1.54) is 49.6 Å². The van der Waals surface area contributed by atoms with Crippen LogP contribution in [-0.4, -0.2) is 30.3 Å². The molecule has 0 atom stereocenters. The van der Waals surface area contributed by atoms with Gasteiger partial charge in [0.15, 0.2) is 0 Å². The van der Waals surface area contributed by atoms with Crippen LogP contribution in [0.2, 0.25) is 0 Å². The fraction of sp³-hybridized carbons (Fsp3) is 0.385. The number of aromatic hydroxyl groups is 1. The molecule has 0 fully saturated rings. The molecule has 6 nitrogen and oxygen atoms in total. The first kappa shape index (κ1) is 25.0. The summed E-state index contributed by atoms with van der Waals surface area (Å²) in [4.78, 5) is 23.1. The van der Waals surface area contributed by atoms with E-state index in [0.717, 1.165) is 37.9 Å². The Hall–Kier alpha value is -3.28. The van der Waals surface area contributed by atoms with Gasteiger partial charge in [-0.05, 0) is 61.4 Å². The first-order valence-corrected chi connectivity index (χ1v) is 11.1. The second-order valence-corrected chi connectivity index (χ2v) is 7.46. The van der Waals surface area contributed by atoms with E-state index in [0.29, 0.717) is 24.5 Å². The van der Waals surface area contributed by atoms with Crippen LogP contribution in [0.5, 0.6) is 17.2 Å². The summed E-state index contributed by atoms with van der Waals surface area (Å²) in [6.45, 7) is 4.49. The number of esters is 2. The van der Waals surface area contributed by atoms with E-state index < -0.39 is 5.97 Å². The van der Waals surface area contributed by atoms with E-state index in [1.54, 1.807) is 24.3 Å². The fourth-order valence-corrected chi connectivity index (χ4v) is 3.05. The topological polar surface area (TPSA) is 82.1 Å². The number of ether oxygens (including phenoxy) is 3. The predicted octanol–water partition coefficient (Wildman–Crippen LogP) is 5.84. The van der Waals surface area contributed by atoms with Crippen LogP contribution in [0.4, 0.5) is 0 Å². The highest BCUT2D eigenvalue weighted by Gasteiger charge is 2.09. The average molecular weight is 441 g/mol. The average Bonchev–Trinajstić information content (AvgIpc) is 2.81. The Bertz CT molecular complexity index is 826. The summed E-state index contributed by atoms with van der Waals surface area (Å²) in [5.74, 6) is 0.411. The van der Waals surface area contributed by atoms with E-state index in [4.69, 9.17) is 14.2 Å². The molecule has 0 heterocycles. The SMILES string of the molecule is C=CC(=O)OCCCCCCCCCCOc1ccc(C(=O)Oc2ccc(O)cc2)cc1. The van der Waals surface area contributed by atoms with Gasteiger partial charge in [0.1, 0.15) is 17.2 Å². The van der Waals surface area contributed by atoms with Gasteiger partial charge >= 0.3 is 11.9 Å². The molecule has 2 aromatic rings.